The fourth-order valence-corrected chi connectivity index (χ4v) is 0. The van der Waals surface area contributed by atoms with E-state index in [0.29, 0.717) is 0 Å². The second-order valence-electron chi connectivity index (χ2n) is 1.24. The van der Waals surface area contributed by atoms with Gasteiger partial charge in [-0.25, -0.2) is 0 Å². The molecule has 0 spiro atoms. The predicted molar refractivity (Wildman–Crippen MR) is 15.1 cm³/mol. The average Bonchev–Trinajstić information content (AvgIpc) is 0.811. The first-order chi connectivity index (χ1) is 1.73. The summed E-state index contributed by atoms with van der Waals surface area (Å²) in [6.45, 7) is 4.48. The number of hydrogen-bond donors (Lipinski definition) is 0. The van der Waals surface area contributed by atoms with Gasteiger partial charge in [-0.1, -0.05) is 0 Å². The molecule has 0 fully saturated rings. The Morgan fingerprint density at radius 3 is 1.50 bits per heavy atom. The van der Waals surface area contributed by atoms with Crippen molar-refractivity contribution in [3.05, 3.63) is 0 Å². The Hall–Kier alpha value is 1.19. The van der Waals surface area contributed by atoms with E-state index in [2.05, 4.69) is 13.8 Å². The first kappa shape index (κ1) is 5.19. The number of hydrogen-bond acceptors (Lipinski definition) is 0. The molecule has 0 atom stereocenters. The van der Waals surface area contributed by atoms with Crippen LogP contribution >= 0.6 is 0 Å². The molecule has 1 heteroatoms. The summed E-state index contributed by atoms with van der Waals surface area (Å²) in [7, 11) is 0. The van der Waals surface area contributed by atoms with E-state index in [1.807, 2.05) is 0 Å². The van der Waals surface area contributed by atoms with Crippen LogP contribution in [0.3, 0.4) is 0 Å². The average molecular weight is 182 g/mol. The van der Waals surface area contributed by atoms with Crippen LogP contribution in [-0.4, -0.2) is 0 Å². The van der Waals surface area contributed by atoms with Crippen LogP contribution in [0.2, 0.25) is 2.32 Å². The second kappa shape index (κ2) is 2.43. The van der Waals surface area contributed by atoms with Crippen molar-refractivity contribution in [2.45, 2.75) is 16.2 Å². The summed E-state index contributed by atoms with van der Waals surface area (Å²) in [4.78, 5) is 0. The van der Waals surface area contributed by atoms with Crippen molar-refractivity contribution in [2.75, 3.05) is 0 Å². The van der Waals surface area contributed by atoms with Gasteiger partial charge in [0.05, 0.1) is 0 Å². The Labute approximate surface area is 49.6 Å². The van der Waals surface area contributed by atoms with Crippen LogP contribution in [0.15, 0.2) is 0 Å². The quantitative estimate of drug-likeness (QED) is 0.530. The van der Waals surface area contributed by atoms with Gasteiger partial charge in [-0.15, -0.1) is 0 Å². The minimum atomic E-state index is 1.000. The molecule has 0 aliphatic carbocycles. The van der Waals surface area contributed by atoms with Gasteiger partial charge in [0.2, 0.25) is 0 Å². The molecule has 0 aliphatic rings. The van der Waals surface area contributed by atoms with Crippen molar-refractivity contribution >= 4 is 0 Å². The zero-order chi connectivity index (χ0) is 3.58. The zero-order valence-corrected chi connectivity index (χ0v) is 6.78. The van der Waals surface area contributed by atoms with E-state index in [4.69, 9.17) is 0 Å². The van der Waals surface area contributed by atoms with E-state index in [9.17, 15) is 0 Å². The van der Waals surface area contributed by atoms with Crippen LogP contribution in [0.4, 0.5) is 0 Å². The predicted octanol–water partition coefficient (Wildman–Crippen LogP) is 1.36. The van der Waals surface area contributed by atoms with E-state index < -0.39 is 0 Å². The Bertz CT molecular complexity index is 8.00. The normalized spacial score (nSPS) is 8.50. The Kier molecular flexibility index (Phi) is 3.16. The molecule has 0 aromatic heterocycles. The van der Waals surface area contributed by atoms with E-state index in [1.54, 1.807) is 0 Å². The van der Waals surface area contributed by atoms with Crippen LogP contribution < -0.4 is 0 Å². The molecule has 4 heavy (non-hydrogen) atoms. The Morgan fingerprint density at radius 1 is 1.50 bits per heavy atom. The fraction of sp³-hybridized carbons (Fsp3) is 1.00. The monoisotopic (exact) mass is 182 g/mol. The molecular formula is C3H7La. The van der Waals surface area contributed by atoms with E-state index in [0.717, 1.165) is 2.32 Å². The first-order valence-corrected chi connectivity index (χ1v) is 3.58. The standard InChI is InChI=1S/C3H7.La/c1-3-2;/h3H,1-2H3;. The molecule has 0 amide bonds. The van der Waals surface area contributed by atoms with Crippen LogP contribution in [0.25, 0.3) is 0 Å². The molecule has 0 aromatic rings. The summed E-state index contributed by atoms with van der Waals surface area (Å²) < 4.78 is 1.000. The van der Waals surface area contributed by atoms with Gasteiger partial charge in [0.25, 0.3) is 0 Å². The van der Waals surface area contributed by atoms with Crippen LogP contribution in [-0.2, 0) is 0 Å². The summed E-state index contributed by atoms with van der Waals surface area (Å²) in [5.74, 6) is 0. The van der Waals surface area contributed by atoms with Gasteiger partial charge in [-0.3, -0.25) is 0 Å². The van der Waals surface area contributed by atoms with Crippen molar-refractivity contribution in [2.24, 2.45) is 0 Å². The van der Waals surface area contributed by atoms with Crippen LogP contribution in [0.5, 0.6) is 0 Å². The van der Waals surface area contributed by atoms with Crippen LogP contribution in [0, 0.1) is 33.7 Å². The molecule has 0 heterocycles. The molecule has 0 aromatic carbocycles. The van der Waals surface area contributed by atoms with Crippen molar-refractivity contribution in [3.8, 4) is 0 Å². The summed E-state index contributed by atoms with van der Waals surface area (Å²) in [5.41, 5.74) is 0. The van der Waals surface area contributed by atoms with E-state index >= 15 is 0 Å². The Morgan fingerprint density at radius 2 is 1.50 bits per heavy atom. The number of rotatable bonds is 0. The van der Waals surface area contributed by atoms with Gasteiger partial charge in [0, 0.05) is 0 Å². The van der Waals surface area contributed by atoms with Crippen molar-refractivity contribution in [1.82, 2.24) is 0 Å². The topological polar surface area (TPSA) is 0 Å². The van der Waals surface area contributed by atoms with Gasteiger partial charge in [-0.05, 0) is 0 Å². The van der Waals surface area contributed by atoms with Gasteiger partial charge in [0.1, 0.15) is 0 Å². The SMILES string of the molecule is C[CH](C)[La]. The zero-order valence-electron chi connectivity index (χ0n) is 3.15. The third kappa shape index (κ3) is 10.8. The maximum absolute atomic E-state index is 2.24. The van der Waals surface area contributed by atoms with Crippen LogP contribution in [0.1, 0.15) is 13.8 Å². The molecule has 0 radical (unpaired) electrons. The molecular weight excluding hydrogens is 175 g/mol. The second-order valence-corrected chi connectivity index (χ2v) is 5.43. The van der Waals surface area contributed by atoms with Gasteiger partial charge in [-0.2, -0.15) is 0 Å². The van der Waals surface area contributed by atoms with Gasteiger partial charge in [0.15, 0.2) is 0 Å². The molecule has 0 N–H and O–H groups in total. The maximum atomic E-state index is 2.24. The third-order valence-corrected chi connectivity index (χ3v) is 0. The molecule has 0 unspecified atom stereocenters. The third-order valence-electron chi connectivity index (χ3n) is 0. The van der Waals surface area contributed by atoms with Crippen molar-refractivity contribution in [3.63, 3.8) is 0 Å². The molecule has 0 saturated carbocycles. The van der Waals surface area contributed by atoms with E-state index in [1.165, 1.54) is 33.7 Å². The molecule has 0 saturated heterocycles. The van der Waals surface area contributed by atoms with Gasteiger partial charge >= 0.3 is 49.9 Å². The van der Waals surface area contributed by atoms with E-state index in [-0.39, 0.29) is 0 Å². The Balaban J connectivity index is 2.32. The summed E-state index contributed by atoms with van der Waals surface area (Å²) in [6.07, 6.45) is 0. The fourth-order valence-electron chi connectivity index (χ4n) is 0. The molecule has 0 bridgehead atoms. The molecule has 0 nitrogen and oxygen atoms in total. The summed E-state index contributed by atoms with van der Waals surface area (Å²) in [5, 5.41) is 0. The summed E-state index contributed by atoms with van der Waals surface area (Å²) >= 11 is 1.19. The molecule has 0 rings (SSSR count). The molecule has 0 aliphatic heterocycles. The molecule has 22 valence electrons. The minimum absolute atomic E-state index is 1.000. The first-order valence-electron chi connectivity index (χ1n) is 1.49. The van der Waals surface area contributed by atoms with Crippen molar-refractivity contribution in [1.29, 1.82) is 0 Å². The van der Waals surface area contributed by atoms with Crippen molar-refractivity contribution < 1.29 is 33.7 Å². The van der Waals surface area contributed by atoms with Gasteiger partial charge < -0.3 is 0 Å². The summed E-state index contributed by atoms with van der Waals surface area (Å²) in [6, 6.07) is 0.